The fourth-order valence-electron chi connectivity index (χ4n) is 2.51. The van der Waals surface area contributed by atoms with E-state index < -0.39 is 23.9 Å². The molecule has 7 heteroatoms. The van der Waals surface area contributed by atoms with E-state index >= 15 is 0 Å². The Kier molecular flexibility index (Phi) is 4.87. The van der Waals surface area contributed by atoms with Crippen molar-refractivity contribution < 1.29 is 18.0 Å². The zero-order chi connectivity index (χ0) is 14.8. The Labute approximate surface area is 128 Å². The Balaban J connectivity index is 2.08. The maximum absolute atomic E-state index is 12.9. The number of rotatable bonds is 2. The molecule has 0 radical (unpaired) electrons. The fourth-order valence-corrected chi connectivity index (χ4v) is 2.82. The van der Waals surface area contributed by atoms with E-state index in [1.54, 1.807) is 18.3 Å². The maximum atomic E-state index is 12.9. The molecule has 1 heterocycles. The molecule has 0 spiro atoms. The van der Waals surface area contributed by atoms with Crippen LogP contribution in [0.15, 0.2) is 18.3 Å². The van der Waals surface area contributed by atoms with Gasteiger partial charge in [0.05, 0.1) is 5.92 Å². The summed E-state index contributed by atoms with van der Waals surface area (Å²) in [5.41, 5.74) is 0. The van der Waals surface area contributed by atoms with Gasteiger partial charge < -0.3 is 5.32 Å². The van der Waals surface area contributed by atoms with Gasteiger partial charge in [-0.2, -0.15) is 13.2 Å². The molecule has 1 N–H and O–H groups in total. The fraction of sp³-hybridized carbons (Fsp3) is 0.538. The molecule has 1 aliphatic carbocycles. The van der Waals surface area contributed by atoms with Gasteiger partial charge in [0.25, 0.3) is 0 Å². The molecule has 1 aromatic rings. The molecule has 0 aromatic carbocycles. The lowest BCUT2D eigenvalue weighted by molar-refractivity contribution is -0.197. The van der Waals surface area contributed by atoms with Crippen molar-refractivity contribution in [1.82, 2.24) is 4.98 Å². The number of aromatic nitrogens is 1. The van der Waals surface area contributed by atoms with Crippen molar-refractivity contribution in [1.29, 1.82) is 0 Å². The van der Waals surface area contributed by atoms with Crippen molar-refractivity contribution >= 4 is 34.3 Å². The molecule has 1 fully saturated rings. The summed E-state index contributed by atoms with van der Waals surface area (Å²) < 4.78 is 39.7. The molecule has 1 aromatic heterocycles. The average Bonchev–Trinajstić information content (AvgIpc) is 2.40. The Morgan fingerprint density at radius 1 is 1.30 bits per heavy atom. The Hall–Kier alpha value is -0.860. The summed E-state index contributed by atoms with van der Waals surface area (Å²) in [4.78, 5) is 16.0. The molecule has 1 aliphatic rings. The van der Waals surface area contributed by atoms with Crippen LogP contribution < -0.4 is 5.32 Å². The number of carbonyl (C=O) groups excluding carboxylic acids is 1. The van der Waals surface area contributed by atoms with Crippen LogP contribution in [0.4, 0.5) is 19.0 Å². The lowest BCUT2D eigenvalue weighted by Gasteiger charge is -2.31. The molecule has 0 bridgehead atoms. The van der Waals surface area contributed by atoms with Crippen LogP contribution in [0.3, 0.4) is 0 Å². The van der Waals surface area contributed by atoms with Gasteiger partial charge in [-0.25, -0.2) is 4.98 Å². The van der Waals surface area contributed by atoms with Gasteiger partial charge in [-0.05, 0) is 47.6 Å². The van der Waals surface area contributed by atoms with Gasteiger partial charge in [0, 0.05) is 15.7 Å². The van der Waals surface area contributed by atoms with Crippen LogP contribution in [0.5, 0.6) is 0 Å². The van der Waals surface area contributed by atoms with E-state index in [2.05, 4.69) is 32.9 Å². The summed E-state index contributed by atoms with van der Waals surface area (Å²) in [5.74, 6) is -2.84. The molecule has 2 rings (SSSR count). The van der Waals surface area contributed by atoms with E-state index in [1.807, 2.05) is 0 Å². The third kappa shape index (κ3) is 3.83. The Bertz CT molecular complexity index is 475. The number of hydrogen-bond acceptors (Lipinski definition) is 2. The molecular weight excluding hydrogens is 384 g/mol. The first-order valence-corrected chi connectivity index (χ1v) is 7.45. The quantitative estimate of drug-likeness (QED) is 0.766. The van der Waals surface area contributed by atoms with Crippen LogP contribution in [-0.2, 0) is 4.79 Å². The summed E-state index contributed by atoms with van der Waals surface area (Å²) in [6.07, 6.45) is -1.27. The van der Waals surface area contributed by atoms with Gasteiger partial charge in [0.2, 0.25) is 5.91 Å². The largest absolute Gasteiger partial charge is 0.392 e. The standard InChI is InChI=1S/C13H14F3IN2O/c14-13(15,16)10-4-2-1-3-9(10)12(20)19-11-6-5-8(17)7-18-11/h5-7,9-10H,1-4H2,(H,18,19,20). The Morgan fingerprint density at radius 2 is 2.00 bits per heavy atom. The highest BCUT2D eigenvalue weighted by Gasteiger charge is 2.48. The van der Waals surface area contributed by atoms with Crippen LogP contribution in [-0.4, -0.2) is 17.1 Å². The predicted octanol–water partition coefficient (Wildman–Crippen LogP) is 3.99. The molecule has 2 unspecified atom stereocenters. The maximum Gasteiger partial charge on any atom is 0.392 e. The molecule has 1 saturated carbocycles. The minimum Gasteiger partial charge on any atom is -0.310 e. The average molecular weight is 398 g/mol. The van der Waals surface area contributed by atoms with Gasteiger partial charge >= 0.3 is 6.18 Å². The molecule has 110 valence electrons. The smallest absolute Gasteiger partial charge is 0.310 e. The number of nitrogens with zero attached hydrogens (tertiary/aromatic N) is 1. The molecule has 3 nitrogen and oxygen atoms in total. The number of carbonyl (C=O) groups is 1. The summed E-state index contributed by atoms with van der Waals surface area (Å²) in [6.45, 7) is 0. The van der Waals surface area contributed by atoms with E-state index in [9.17, 15) is 18.0 Å². The van der Waals surface area contributed by atoms with Crippen molar-refractivity contribution in [2.75, 3.05) is 5.32 Å². The second-order valence-electron chi connectivity index (χ2n) is 4.89. The first kappa shape index (κ1) is 15.5. The summed E-state index contributed by atoms with van der Waals surface area (Å²) in [5, 5.41) is 2.49. The number of amides is 1. The Morgan fingerprint density at radius 3 is 2.60 bits per heavy atom. The molecular formula is C13H14F3IN2O. The number of pyridine rings is 1. The van der Waals surface area contributed by atoms with Crippen LogP contribution in [0.25, 0.3) is 0 Å². The number of nitrogens with one attached hydrogen (secondary N) is 1. The van der Waals surface area contributed by atoms with Crippen LogP contribution in [0, 0.1) is 15.4 Å². The molecule has 1 amide bonds. The third-order valence-corrected chi connectivity index (χ3v) is 4.14. The molecule has 2 atom stereocenters. The lowest BCUT2D eigenvalue weighted by Crippen LogP contribution is -2.39. The predicted molar refractivity (Wildman–Crippen MR) is 77.1 cm³/mol. The topological polar surface area (TPSA) is 42.0 Å². The van der Waals surface area contributed by atoms with E-state index in [0.29, 0.717) is 18.7 Å². The highest BCUT2D eigenvalue weighted by molar-refractivity contribution is 14.1. The number of hydrogen-bond donors (Lipinski definition) is 1. The molecule has 20 heavy (non-hydrogen) atoms. The van der Waals surface area contributed by atoms with Gasteiger partial charge in [0.15, 0.2) is 0 Å². The van der Waals surface area contributed by atoms with Crippen molar-refractivity contribution in [2.24, 2.45) is 11.8 Å². The third-order valence-electron chi connectivity index (χ3n) is 3.50. The molecule has 0 saturated heterocycles. The zero-order valence-electron chi connectivity index (χ0n) is 10.6. The van der Waals surface area contributed by atoms with E-state index in [0.717, 1.165) is 3.57 Å². The first-order valence-electron chi connectivity index (χ1n) is 6.37. The summed E-state index contributed by atoms with van der Waals surface area (Å²) >= 11 is 2.06. The minimum atomic E-state index is -4.32. The van der Waals surface area contributed by atoms with Crippen LogP contribution in [0.2, 0.25) is 0 Å². The van der Waals surface area contributed by atoms with Gasteiger partial charge in [-0.1, -0.05) is 12.8 Å². The second-order valence-corrected chi connectivity index (χ2v) is 6.14. The van der Waals surface area contributed by atoms with E-state index in [-0.39, 0.29) is 12.8 Å². The zero-order valence-corrected chi connectivity index (χ0v) is 12.7. The van der Waals surface area contributed by atoms with Crippen LogP contribution in [0.1, 0.15) is 25.7 Å². The van der Waals surface area contributed by atoms with Crippen molar-refractivity contribution in [3.05, 3.63) is 21.9 Å². The molecule has 0 aliphatic heterocycles. The van der Waals surface area contributed by atoms with Crippen LogP contribution >= 0.6 is 22.6 Å². The highest BCUT2D eigenvalue weighted by atomic mass is 127. The second kappa shape index (κ2) is 6.28. The van der Waals surface area contributed by atoms with Gasteiger partial charge in [0.1, 0.15) is 5.82 Å². The number of alkyl halides is 3. The summed E-state index contributed by atoms with van der Waals surface area (Å²) in [7, 11) is 0. The normalized spacial score (nSPS) is 23.4. The minimum absolute atomic E-state index is 0.0295. The highest BCUT2D eigenvalue weighted by Crippen LogP contribution is 2.41. The van der Waals surface area contributed by atoms with Crippen molar-refractivity contribution in [2.45, 2.75) is 31.9 Å². The van der Waals surface area contributed by atoms with Gasteiger partial charge in [-0.3, -0.25) is 4.79 Å². The monoisotopic (exact) mass is 398 g/mol. The van der Waals surface area contributed by atoms with Crippen molar-refractivity contribution in [3.8, 4) is 0 Å². The number of halogens is 4. The first-order chi connectivity index (χ1) is 9.38. The lowest BCUT2D eigenvalue weighted by atomic mass is 9.78. The number of anilines is 1. The van der Waals surface area contributed by atoms with E-state index in [1.165, 1.54) is 0 Å². The van der Waals surface area contributed by atoms with E-state index in [4.69, 9.17) is 0 Å². The SMILES string of the molecule is O=C(Nc1ccc(I)cn1)C1CCCCC1C(F)(F)F. The van der Waals surface area contributed by atoms with Crippen molar-refractivity contribution in [3.63, 3.8) is 0 Å². The van der Waals surface area contributed by atoms with Gasteiger partial charge in [-0.15, -0.1) is 0 Å². The summed E-state index contributed by atoms with van der Waals surface area (Å²) in [6, 6.07) is 3.33.